The van der Waals surface area contributed by atoms with E-state index in [1.165, 1.54) is 24.9 Å². The van der Waals surface area contributed by atoms with Gasteiger partial charge in [0.15, 0.2) is 0 Å². The van der Waals surface area contributed by atoms with Crippen LogP contribution in [0, 0.1) is 5.92 Å². The molecule has 4 heteroatoms. The summed E-state index contributed by atoms with van der Waals surface area (Å²) in [7, 11) is 0. The summed E-state index contributed by atoms with van der Waals surface area (Å²) in [4.78, 5) is 16.6. The molecule has 0 aromatic heterocycles. The van der Waals surface area contributed by atoms with Gasteiger partial charge in [0.1, 0.15) is 0 Å². The fourth-order valence-electron chi connectivity index (χ4n) is 3.56. The van der Waals surface area contributed by atoms with Crippen molar-refractivity contribution in [3.8, 4) is 0 Å². The number of carbonyl (C=O) groups is 1. The summed E-state index contributed by atoms with van der Waals surface area (Å²) in [5.41, 5.74) is 7.12. The van der Waals surface area contributed by atoms with Crippen LogP contribution < -0.4 is 5.73 Å². The normalized spacial score (nSPS) is 20.7. The fourth-order valence-corrected chi connectivity index (χ4v) is 3.56. The molecule has 1 aromatic carbocycles. The second kappa shape index (κ2) is 7.45. The van der Waals surface area contributed by atoms with Crippen molar-refractivity contribution in [3.63, 3.8) is 0 Å². The van der Waals surface area contributed by atoms with Crippen LogP contribution in [-0.2, 0) is 11.3 Å². The maximum absolute atomic E-state index is 12.0. The summed E-state index contributed by atoms with van der Waals surface area (Å²) in [6.45, 7) is 5.75. The third kappa shape index (κ3) is 4.55. The first kappa shape index (κ1) is 16.5. The Hall–Kier alpha value is -1.39. The summed E-state index contributed by atoms with van der Waals surface area (Å²) in [5, 5.41) is 0. The molecule has 2 fully saturated rings. The van der Waals surface area contributed by atoms with E-state index < -0.39 is 0 Å². The van der Waals surface area contributed by atoms with Gasteiger partial charge in [-0.3, -0.25) is 9.69 Å². The zero-order valence-corrected chi connectivity index (χ0v) is 14.2. The molecule has 1 aromatic rings. The SMILES string of the molecule is CC(N)C(=O)N1CCC(CN(Cc2ccccc2)C2CC2)CC1. The molecule has 23 heavy (non-hydrogen) atoms. The average Bonchev–Trinajstić information content (AvgIpc) is 3.40. The summed E-state index contributed by atoms with van der Waals surface area (Å²) < 4.78 is 0. The molecule has 1 heterocycles. The number of hydrogen-bond donors (Lipinski definition) is 1. The molecule has 0 bridgehead atoms. The second-order valence-electron chi connectivity index (χ2n) is 7.20. The summed E-state index contributed by atoms with van der Waals surface area (Å²) in [5.74, 6) is 0.809. The van der Waals surface area contributed by atoms with Crippen LogP contribution in [0.4, 0.5) is 0 Å². The highest BCUT2D eigenvalue weighted by Gasteiger charge is 2.32. The smallest absolute Gasteiger partial charge is 0.239 e. The molecular formula is C19H29N3O. The highest BCUT2D eigenvalue weighted by molar-refractivity contribution is 5.81. The molecule has 1 aliphatic carbocycles. The number of hydrogen-bond acceptors (Lipinski definition) is 3. The van der Waals surface area contributed by atoms with E-state index >= 15 is 0 Å². The molecule has 4 nitrogen and oxygen atoms in total. The van der Waals surface area contributed by atoms with E-state index in [1.54, 1.807) is 6.92 Å². The Kier molecular flexibility index (Phi) is 5.34. The Morgan fingerprint density at radius 3 is 2.43 bits per heavy atom. The molecule has 0 radical (unpaired) electrons. The van der Waals surface area contributed by atoms with Gasteiger partial charge in [0, 0.05) is 32.2 Å². The fraction of sp³-hybridized carbons (Fsp3) is 0.632. The molecule has 0 spiro atoms. The average molecular weight is 315 g/mol. The van der Waals surface area contributed by atoms with Crippen molar-refractivity contribution in [1.82, 2.24) is 9.80 Å². The predicted octanol–water partition coefficient (Wildman–Crippen LogP) is 2.24. The Labute approximate surface area is 139 Å². The van der Waals surface area contributed by atoms with Crippen molar-refractivity contribution in [2.75, 3.05) is 19.6 Å². The van der Waals surface area contributed by atoms with E-state index in [4.69, 9.17) is 5.73 Å². The number of nitrogens with two attached hydrogens (primary N) is 1. The number of piperidine rings is 1. The van der Waals surface area contributed by atoms with Gasteiger partial charge in [-0.1, -0.05) is 30.3 Å². The van der Waals surface area contributed by atoms with Gasteiger partial charge in [-0.15, -0.1) is 0 Å². The largest absolute Gasteiger partial charge is 0.341 e. The van der Waals surface area contributed by atoms with Crippen molar-refractivity contribution in [2.45, 2.75) is 51.2 Å². The Morgan fingerprint density at radius 2 is 1.87 bits per heavy atom. The van der Waals surface area contributed by atoms with Gasteiger partial charge >= 0.3 is 0 Å². The number of benzene rings is 1. The first-order valence-electron chi connectivity index (χ1n) is 8.96. The Balaban J connectivity index is 1.51. The van der Waals surface area contributed by atoms with Crippen LogP contribution in [-0.4, -0.2) is 47.4 Å². The molecule has 1 unspecified atom stereocenters. The standard InChI is InChI=1S/C19H29N3O/c1-15(20)19(23)21-11-9-17(10-12-21)14-22(18-7-8-18)13-16-5-3-2-4-6-16/h2-6,15,17-18H,7-14,20H2,1H3. The summed E-state index contributed by atoms with van der Waals surface area (Å²) in [6.07, 6.45) is 4.90. The van der Waals surface area contributed by atoms with Crippen molar-refractivity contribution in [3.05, 3.63) is 35.9 Å². The number of nitrogens with zero attached hydrogens (tertiary/aromatic N) is 2. The summed E-state index contributed by atoms with van der Waals surface area (Å²) >= 11 is 0. The van der Waals surface area contributed by atoms with Crippen LogP contribution in [0.5, 0.6) is 0 Å². The van der Waals surface area contributed by atoms with Crippen LogP contribution in [0.1, 0.15) is 38.2 Å². The van der Waals surface area contributed by atoms with Crippen LogP contribution in [0.3, 0.4) is 0 Å². The van der Waals surface area contributed by atoms with E-state index in [1.807, 2.05) is 4.90 Å². The Bertz CT molecular complexity index is 505. The summed E-state index contributed by atoms with van der Waals surface area (Å²) in [6, 6.07) is 11.2. The molecule has 1 atom stereocenters. The molecule has 3 rings (SSSR count). The zero-order valence-electron chi connectivity index (χ0n) is 14.2. The highest BCUT2D eigenvalue weighted by atomic mass is 16.2. The predicted molar refractivity (Wildman–Crippen MR) is 92.8 cm³/mol. The third-order valence-corrected chi connectivity index (χ3v) is 5.10. The van der Waals surface area contributed by atoms with Gasteiger partial charge in [-0.2, -0.15) is 0 Å². The zero-order chi connectivity index (χ0) is 16.2. The molecule has 2 N–H and O–H groups in total. The highest BCUT2D eigenvalue weighted by Crippen LogP contribution is 2.31. The molecule has 1 saturated heterocycles. The lowest BCUT2D eigenvalue weighted by Crippen LogP contribution is -2.47. The second-order valence-corrected chi connectivity index (χ2v) is 7.20. The van der Waals surface area contributed by atoms with Gasteiger partial charge in [0.2, 0.25) is 5.91 Å². The molecule has 1 aliphatic heterocycles. The van der Waals surface area contributed by atoms with Crippen LogP contribution in [0.25, 0.3) is 0 Å². The van der Waals surface area contributed by atoms with E-state index in [0.29, 0.717) is 5.92 Å². The van der Waals surface area contributed by atoms with Crippen molar-refractivity contribution >= 4 is 5.91 Å². The number of rotatable bonds is 6. The van der Waals surface area contributed by atoms with Gasteiger partial charge < -0.3 is 10.6 Å². The van der Waals surface area contributed by atoms with Crippen LogP contribution in [0.2, 0.25) is 0 Å². The van der Waals surface area contributed by atoms with Crippen LogP contribution >= 0.6 is 0 Å². The van der Waals surface area contributed by atoms with Gasteiger partial charge in [0.05, 0.1) is 6.04 Å². The number of likely N-dealkylation sites (tertiary alicyclic amines) is 1. The monoisotopic (exact) mass is 315 g/mol. The van der Waals surface area contributed by atoms with Crippen molar-refractivity contribution in [1.29, 1.82) is 0 Å². The maximum Gasteiger partial charge on any atom is 0.239 e. The quantitative estimate of drug-likeness (QED) is 0.876. The van der Waals surface area contributed by atoms with Crippen molar-refractivity contribution in [2.24, 2.45) is 11.7 Å². The van der Waals surface area contributed by atoms with Crippen molar-refractivity contribution < 1.29 is 4.79 Å². The third-order valence-electron chi connectivity index (χ3n) is 5.10. The first-order valence-corrected chi connectivity index (χ1v) is 8.96. The minimum absolute atomic E-state index is 0.104. The lowest BCUT2D eigenvalue weighted by atomic mass is 9.95. The van der Waals surface area contributed by atoms with E-state index in [9.17, 15) is 4.79 Å². The minimum Gasteiger partial charge on any atom is -0.341 e. The molecule has 1 saturated carbocycles. The van der Waals surface area contributed by atoms with E-state index in [-0.39, 0.29) is 11.9 Å². The molecule has 1 amide bonds. The van der Waals surface area contributed by atoms with Gasteiger partial charge in [-0.25, -0.2) is 0 Å². The Morgan fingerprint density at radius 1 is 1.22 bits per heavy atom. The topological polar surface area (TPSA) is 49.6 Å². The maximum atomic E-state index is 12.0. The lowest BCUT2D eigenvalue weighted by molar-refractivity contribution is -0.133. The van der Waals surface area contributed by atoms with Gasteiger partial charge in [-0.05, 0) is 44.1 Å². The van der Waals surface area contributed by atoms with E-state index in [2.05, 4.69) is 35.2 Å². The number of carbonyl (C=O) groups excluding carboxylic acids is 1. The minimum atomic E-state index is -0.368. The molecule has 2 aliphatic rings. The molecular weight excluding hydrogens is 286 g/mol. The van der Waals surface area contributed by atoms with E-state index in [0.717, 1.165) is 38.5 Å². The van der Waals surface area contributed by atoms with Crippen LogP contribution in [0.15, 0.2) is 30.3 Å². The lowest BCUT2D eigenvalue weighted by Gasteiger charge is -2.35. The first-order chi connectivity index (χ1) is 11.1. The molecule has 126 valence electrons. The number of amides is 1. The van der Waals surface area contributed by atoms with Gasteiger partial charge in [0.25, 0.3) is 0 Å².